The van der Waals surface area contributed by atoms with Crippen molar-refractivity contribution in [3.63, 3.8) is 0 Å². The maximum atomic E-state index is 14.3. The zero-order valence-corrected chi connectivity index (χ0v) is 13.2. The minimum Gasteiger partial charge on any atom is -0.489 e. The van der Waals surface area contributed by atoms with E-state index in [1.54, 1.807) is 48.8 Å². The summed E-state index contributed by atoms with van der Waals surface area (Å²) in [5.74, 6) is -0.449. The standard InChI is InChI=1S/C19H15F2NO3/c20-18-9-14(13-5-7-22-8-6-13)10-19(21)17(18)11-24-15-1-3-16(4-2-15)25-12-23/h1-10,23H,11-12H2. The molecule has 1 heterocycles. The van der Waals surface area contributed by atoms with E-state index < -0.39 is 18.4 Å². The van der Waals surface area contributed by atoms with Crippen molar-refractivity contribution in [3.8, 4) is 22.6 Å². The average Bonchev–Trinajstić information content (AvgIpc) is 2.63. The molecule has 4 nitrogen and oxygen atoms in total. The molecule has 0 bridgehead atoms. The number of aliphatic hydroxyl groups is 1. The topological polar surface area (TPSA) is 51.6 Å². The summed E-state index contributed by atoms with van der Waals surface area (Å²) < 4.78 is 38.9. The van der Waals surface area contributed by atoms with E-state index in [-0.39, 0.29) is 12.2 Å². The first-order valence-electron chi connectivity index (χ1n) is 7.52. The Balaban J connectivity index is 1.74. The zero-order valence-electron chi connectivity index (χ0n) is 13.2. The Bertz CT molecular complexity index is 816. The fourth-order valence-electron chi connectivity index (χ4n) is 2.31. The van der Waals surface area contributed by atoms with E-state index >= 15 is 0 Å². The molecule has 0 aliphatic heterocycles. The smallest absolute Gasteiger partial charge is 0.186 e. The number of rotatable bonds is 6. The second kappa shape index (κ2) is 7.72. The van der Waals surface area contributed by atoms with Gasteiger partial charge in [0.2, 0.25) is 0 Å². The fraction of sp³-hybridized carbons (Fsp3) is 0.105. The van der Waals surface area contributed by atoms with Gasteiger partial charge in [-0.3, -0.25) is 4.98 Å². The summed E-state index contributed by atoms with van der Waals surface area (Å²) in [6, 6.07) is 12.3. The van der Waals surface area contributed by atoms with Crippen molar-refractivity contribution in [1.82, 2.24) is 4.98 Å². The van der Waals surface area contributed by atoms with Crippen molar-refractivity contribution < 1.29 is 23.4 Å². The predicted molar refractivity (Wildman–Crippen MR) is 88.1 cm³/mol. The van der Waals surface area contributed by atoms with Gasteiger partial charge in [0.05, 0.1) is 5.56 Å². The van der Waals surface area contributed by atoms with Crippen LogP contribution in [0, 0.1) is 11.6 Å². The number of hydrogen-bond acceptors (Lipinski definition) is 4. The Kier molecular flexibility index (Phi) is 5.20. The minimum absolute atomic E-state index is 0.145. The number of halogens is 2. The molecule has 3 rings (SSSR count). The van der Waals surface area contributed by atoms with Crippen LogP contribution in [0.25, 0.3) is 11.1 Å². The summed E-state index contributed by atoms with van der Waals surface area (Å²) in [6.07, 6.45) is 3.12. The monoisotopic (exact) mass is 343 g/mol. The molecule has 0 unspecified atom stereocenters. The van der Waals surface area contributed by atoms with E-state index in [2.05, 4.69) is 4.98 Å². The first kappa shape index (κ1) is 16.9. The average molecular weight is 343 g/mol. The normalized spacial score (nSPS) is 10.5. The molecule has 1 N–H and O–H groups in total. The Hall–Kier alpha value is -2.99. The van der Waals surface area contributed by atoms with Crippen molar-refractivity contribution >= 4 is 0 Å². The number of aromatic nitrogens is 1. The largest absolute Gasteiger partial charge is 0.489 e. The van der Waals surface area contributed by atoms with Gasteiger partial charge in [-0.15, -0.1) is 0 Å². The van der Waals surface area contributed by atoms with Gasteiger partial charge < -0.3 is 14.6 Å². The lowest BCUT2D eigenvalue weighted by Gasteiger charge is -2.11. The molecule has 6 heteroatoms. The van der Waals surface area contributed by atoms with Crippen molar-refractivity contribution in [1.29, 1.82) is 0 Å². The van der Waals surface area contributed by atoms with Crippen LogP contribution >= 0.6 is 0 Å². The lowest BCUT2D eigenvalue weighted by atomic mass is 10.0. The highest BCUT2D eigenvalue weighted by molar-refractivity contribution is 5.63. The summed E-state index contributed by atoms with van der Waals surface area (Å²) in [5.41, 5.74) is 0.972. The molecular formula is C19H15F2NO3. The third-order valence-electron chi connectivity index (χ3n) is 3.59. The Morgan fingerprint density at radius 3 is 1.92 bits per heavy atom. The second-order valence-electron chi connectivity index (χ2n) is 5.19. The van der Waals surface area contributed by atoms with Gasteiger partial charge in [0.15, 0.2) is 6.79 Å². The lowest BCUT2D eigenvalue weighted by molar-refractivity contribution is 0.0984. The predicted octanol–water partition coefficient (Wildman–Crippen LogP) is 3.93. The maximum absolute atomic E-state index is 14.3. The molecule has 0 saturated heterocycles. The molecule has 2 aromatic carbocycles. The Morgan fingerprint density at radius 2 is 1.36 bits per heavy atom. The molecule has 0 atom stereocenters. The van der Waals surface area contributed by atoms with E-state index in [4.69, 9.17) is 14.6 Å². The van der Waals surface area contributed by atoms with Crippen LogP contribution in [0.5, 0.6) is 11.5 Å². The van der Waals surface area contributed by atoms with Gasteiger partial charge >= 0.3 is 0 Å². The highest BCUT2D eigenvalue weighted by atomic mass is 19.1. The number of pyridine rings is 1. The van der Waals surface area contributed by atoms with Crippen LogP contribution in [0.2, 0.25) is 0 Å². The number of nitrogens with zero attached hydrogens (tertiary/aromatic N) is 1. The van der Waals surface area contributed by atoms with Crippen LogP contribution < -0.4 is 9.47 Å². The summed E-state index contributed by atoms with van der Waals surface area (Å²) >= 11 is 0. The third kappa shape index (κ3) is 4.10. The van der Waals surface area contributed by atoms with Crippen LogP contribution in [0.15, 0.2) is 60.9 Å². The van der Waals surface area contributed by atoms with Crippen LogP contribution in [0.4, 0.5) is 8.78 Å². The fourth-order valence-corrected chi connectivity index (χ4v) is 2.31. The Morgan fingerprint density at radius 1 is 0.800 bits per heavy atom. The highest BCUT2D eigenvalue weighted by Crippen LogP contribution is 2.25. The Labute approximate surface area is 143 Å². The van der Waals surface area contributed by atoms with Gasteiger partial charge in [-0.25, -0.2) is 8.78 Å². The van der Waals surface area contributed by atoms with Crippen LogP contribution in [0.3, 0.4) is 0 Å². The highest BCUT2D eigenvalue weighted by Gasteiger charge is 2.13. The lowest BCUT2D eigenvalue weighted by Crippen LogP contribution is -2.03. The molecule has 0 radical (unpaired) electrons. The number of ether oxygens (including phenoxy) is 2. The molecule has 0 saturated carbocycles. The van der Waals surface area contributed by atoms with Crippen molar-refractivity contribution in [3.05, 3.63) is 78.1 Å². The summed E-state index contributed by atoms with van der Waals surface area (Å²) in [4.78, 5) is 3.88. The van der Waals surface area contributed by atoms with Gasteiger partial charge in [-0.1, -0.05) is 0 Å². The van der Waals surface area contributed by atoms with E-state index in [0.717, 1.165) is 0 Å². The molecule has 25 heavy (non-hydrogen) atoms. The van der Waals surface area contributed by atoms with Crippen molar-refractivity contribution in [2.24, 2.45) is 0 Å². The molecule has 128 valence electrons. The number of aliphatic hydroxyl groups excluding tert-OH is 1. The van der Waals surface area contributed by atoms with E-state index in [1.807, 2.05) is 0 Å². The first-order valence-corrected chi connectivity index (χ1v) is 7.52. The molecule has 3 aromatic rings. The van der Waals surface area contributed by atoms with Gasteiger partial charge in [-0.2, -0.15) is 0 Å². The molecule has 0 spiro atoms. The molecule has 0 aliphatic rings. The zero-order chi connectivity index (χ0) is 17.6. The maximum Gasteiger partial charge on any atom is 0.186 e. The van der Waals surface area contributed by atoms with Gasteiger partial charge in [0.1, 0.15) is 29.7 Å². The molecule has 0 amide bonds. The number of benzene rings is 2. The summed E-state index contributed by atoms with van der Waals surface area (Å²) in [5, 5.41) is 8.67. The van der Waals surface area contributed by atoms with Crippen LogP contribution in [-0.4, -0.2) is 16.9 Å². The SMILES string of the molecule is OCOc1ccc(OCc2c(F)cc(-c3ccncc3)cc2F)cc1. The van der Waals surface area contributed by atoms with Crippen molar-refractivity contribution in [2.75, 3.05) is 6.79 Å². The third-order valence-corrected chi connectivity index (χ3v) is 3.59. The first-order chi connectivity index (χ1) is 12.2. The molecule has 1 aromatic heterocycles. The van der Waals surface area contributed by atoms with Gasteiger partial charge in [0, 0.05) is 12.4 Å². The molecular weight excluding hydrogens is 328 g/mol. The van der Waals surface area contributed by atoms with Gasteiger partial charge in [-0.05, 0) is 59.7 Å². The van der Waals surface area contributed by atoms with Crippen molar-refractivity contribution in [2.45, 2.75) is 6.61 Å². The van der Waals surface area contributed by atoms with Crippen LogP contribution in [0.1, 0.15) is 5.56 Å². The van der Waals surface area contributed by atoms with Gasteiger partial charge in [0.25, 0.3) is 0 Å². The summed E-state index contributed by atoms with van der Waals surface area (Å²) in [6.45, 7) is -0.672. The number of hydrogen-bond donors (Lipinski definition) is 1. The molecule has 0 aliphatic carbocycles. The summed E-state index contributed by atoms with van der Waals surface area (Å²) in [7, 11) is 0. The minimum atomic E-state index is -0.674. The van der Waals surface area contributed by atoms with Crippen LogP contribution in [-0.2, 0) is 6.61 Å². The van der Waals surface area contributed by atoms with E-state index in [9.17, 15) is 8.78 Å². The molecule has 0 fully saturated rings. The van der Waals surface area contributed by atoms with E-state index in [1.165, 1.54) is 12.1 Å². The quantitative estimate of drug-likeness (QED) is 0.689. The van der Waals surface area contributed by atoms with E-state index in [0.29, 0.717) is 22.6 Å². The second-order valence-corrected chi connectivity index (χ2v) is 5.19.